The van der Waals surface area contributed by atoms with Crippen LogP contribution in [0.1, 0.15) is 61.2 Å². The van der Waals surface area contributed by atoms with Gasteiger partial charge in [-0.2, -0.15) is 5.26 Å². The Morgan fingerprint density at radius 1 is 1.31 bits per heavy atom. The number of nitrogens with zero attached hydrogens (tertiary/aromatic N) is 3. The lowest BCUT2D eigenvalue weighted by molar-refractivity contribution is -0.145. The Balaban J connectivity index is 1.43. The minimum atomic E-state index is -0.932. The first-order valence-electron chi connectivity index (χ1n) is 12.2. The fourth-order valence-electron chi connectivity index (χ4n) is 5.42. The number of carbonyl (C=O) groups is 1. The Morgan fingerprint density at radius 3 is 2.81 bits per heavy atom. The number of aliphatic hydroxyl groups excluding tert-OH is 1. The van der Waals surface area contributed by atoms with Crippen LogP contribution in [0.3, 0.4) is 0 Å². The van der Waals surface area contributed by atoms with E-state index in [1.807, 2.05) is 25.1 Å². The number of oxazole rings is 1. The van der Waals surface area contributed by atoms with E-state index in [1.165, 1.54) is 6.92 Å². The number of aliphatic hydroxyl groups is 1. The SMILES string of the molecule is CC(=O)O[C@H]1CN[C@@H](c2nc3c(o2)-c2ccc(-c4ccc(N)c(C#N)c4)c(C)c2N(C2CC2)C3O)C1. The number of ether oxygens (including phenoxy) is 1. The Hall–Kier alpha value is -3.87. The van der Waals surface area contributed by atoms with E-state index >= 15 is 0 Å². The second kappa shape index (κ2) is 8.36. The van der Waals surface area contributed by atoms with Crippen LogP contribution in [0.15, 0.2) is 34.7 Å². The molecule has 0 bridgehead atoms. The van der Waals surface area contributed by atoms with Gasteiger partial charge < -0.3 is 30.2 Å². The molecule has 9 heteroatoms. The molecule has 6 rings (SSSR count). The molecular formula is C27H27N5O4. The first kappa shape index (κ1) is 22.6. The molecular weight excluding hydrogens is 458 g/mol. The third kappa shape index (κ3) is 3.61. The quantitative estimate of drug-likeness (QED) is 0.373. The summed E-state index contributed by atoms with van der Waals surface area (Å²) >= 11 is 0. The number of benzene rings is 2. The predicted octanol–water partition coefficient (Wildman–Crippen LogP) is 3.71. The summed E-state index contributed by atoms with van der Waals surface area (Å²) in [6.45, 7) is 3.96. The number of nitrogens with two attached hydrogens (primary N) is 1. The molecule has 2 aromatic carbocycles. The Bertz CT molecular complexity index is 1420. The van der Waals surface area contributed by atoms with Crippen LogP contribution in [-0.2, 0) is 9.53 Å². The molecule has 9 nitrogen and oxygen atoms in total. The molecule has 4 N–H and O–H groups in total. The van der Waals surface area contributed by atoms with Crippen LogP contribution in [0.25, 0.3) is 22.5 Å². The van der Waals surface area contributed by atoms with Crippen LogP contribution in [-0.4, -0.2) is 34.8 Å². The average Bonchev–Trinajstić information content (AvgIpc) is 3.40. The molecule has 0 spiro atoms. The molecule has 3 heterocycles. The van der Waals surface area contributed by atoms with E-state index in [9.17, 15) is 15.2 Å². The van der Waals surface area contributed by atoms with Gasteiger partial charge in [-0.3, -0.25) is 4.79 Å². The Morgan fingerprint density at radius 2 is 2.08 bits per heavy atom. The number of hydrogen-bond acceptors (Lipinski definition) is 9. The molecule has 1 saturated carbocycles. The standard InChI is InChI=1S/C27H27N5O4/c1-13-19(15-3-8-21(29)16(9-15)11-28)6-7-20-24(13)32(17-4-5-17)27(34)23-25(20)36-26(31-23)22-10-18(12-30-22)35-14(2)33/h3,6-9,17-18,22,27,30,34H,4-5,10,12,29H2,1-2H3/t18-,22-,27?/m1/s1. The minimum absolute atomic E-state index is 0.204. The first-order chi connectivity index (χ1) is 17.4. The number of esters is 1. The normalized spacial score (nSPS) is 22.6. The molecule has 184 valence electrons. The van der Waals surface area contributed by atoms with Crippen LogP contribution in [0, 0.1) is 18.3 Å². The van der Waals surface area contributed by atoms with Gasteiger partial charge in [-0.25, -0.2) is 4.98 Å². The largest absolute Gasteiger partial charge is 0.461 e. The molecule has 36 heavy (non-hydrogen) atoms. The van der Waals surface area contributed by atoms with Crippen LogP contribution >= 0.6 is 0 Å². The van der Waals surface area contributed by atoms with E-state index < -0.39 is 6.23 Å². The van der Waals surface area contributed by atoms with Gasteiger partial charge in [-0.15, -0.1) is 0 Å². The van der Waals surface area contributed by atoms with Crippen molar-refractivity contribution >= 4 is 17.3 Å². The summed E-state index contributed by atoms with van der Waals surface area (Å²) in [5, 5.41) is 24.2. The summed E-state index contributed by atoms with van der Waals surface area (Å²) in [6.07, 6.45) is 1.38. The van der Waals surface area contributed by atoms with Crippen molar-refractivity contribution in [3.05, 3.63) is 53.0 Å². The van der Waals surface area contributed by atoms with Crippen molar-refractivity contribution in [2.24, 2.45) is 0 Å². The molecule has 3 aromatic rings. The third-order valence-corrected chi connectivity index (χ3v) is 7.26. The molecule has 1 saturated heterocycles. The number of nitrogens with one attached hydrogen (secondary N) is 1. The third-order valence-electron chi connectivity index (χ3n) is 7.26. The highest BCUT2D eigenvalue weighted by atomic mass is 16.5. The lowest BCUT2D eigenvalue weighted by Gasteiger charge is -2.36. The van der Waals surface area contributed by atoms with E-state index in [0.717, 1.165) is 40.8 Å². The van der Waals surface area contributed by atoms with Crippen molar-refractivity contribution in [1.82, 2.24) is 10.3 Å². The highest BCUT2D eigenvalue weighted by molar-refractivity contribution is 5.89. The van der Waals surface area contributed by atoms with E-state index in [1.54, 1.807) is 12.1 Å². The lowest BCUT2D eigenvalue weighted by atomic mass is 9.91. The number of hydrogen-bond donors (Lipinski definition) is 3. The van der Waals surface area contributed by atoms with Crippen molar-refractivity contribution < 1.29 is 19.1 Å². The van der Waals surface area contributed by atoms with Gasteiger partial charge in [0.25, 0.3) is 0 Å². The van der Waals surface area contributed by atoms with Gasteiger partial charge in [0.2, 0.25) is 5.89 Å². The van der Waals surface area contributed by atoms with Gasteiger partial charge in [0.05, 0.1) is 17.3 Å². The summed E-state index contributed by atoms with van der Waals surface area (Å²) in [5.74, 6) is 0.732. The number of nitrogen functional groups attached to an aromatic ring is 1. The van der Waals surface area contributed by atoms with Crippen LogP contribution in [0.4, 0.5) is 11.4 Å². The number of fused-ring (bicyclic) bond motifs is 3. The fourth-order valence-corrected chi connectivity index (χ4v) is 5.42. The Labute approximate surface area is 208 Å². The van der Waals surface area contributed by atoms with Crippen molar-refractivity contribution in [3.8, 4) is 28.5 Å². The first-order valence-corrected chi connectivity index (χ1v) is 12.2. The molecule has 3 aliphatic rings. The molecule has 0 amide bonds. The van der Waals surface area contributed by atoms with Gasteiger partial charge in [0.1, 0.15) is 17.9 Å². The second-order valence-electron chi connectivity index (χ2n) is 9.75. The van der Waals surface area contributed by atoms with Gasteiger partial charge in [-0.1, -0.05) is 12.1 Å². The highest BCUT2D eigenvalue weighted by Crippen LogP contribution is 2.52. The summed E-state index contributed by atoms with van der Waals surface area (Å²) in [4.78, 5) is 18.1. The summed E-state index contributed by atoms with van der Waals surface area (Å²) in [6, 6.07) is 11.6. The number of nitriles is 1. The van der Waals surface area contributed by atoms with Crippen molar-refractivity contribution in [2.45, 2.75) is 57.5 Å². The topological polar surface area (TPSA) is 138 Å². The maximum Gasteiger partial charge on any atom is 0.302 e. The maximum atomic E-state index is 11.5. The maximum absolute atomic E-state index is 11.5. The van der Waals surface area contributed by atoms with Crippen molar-refractivity contribution in [2.75, 3.05) is 17.2 Å². The molecule has 2 aliphatic heterocycles. The van der Waals surface area contributed by atoms with Crippen LogP contribution in [0.2, 0.25) is 0 Å². The van der Waals surface area contributed by atoms with Gasteiger partial charge >= 0.3 is 5.97 Å². The summed E-state index contributed by atoms with van der Waals surface area (Å²) < 4.78 is 11.6. The smallest absolute Gasteiger partial charge is 0.302 e. The van der Waals surface area contributed by atoms with Crippen LogP contribution < -0.4 is 16.0 Å². The minimum Gasteiger partial charge on any atom is -0.461 e. The highest BCUT2D eigenvalue weighted by Gasteiger charge is 2.44. The lowest BCUT2D eigenvalue weighted by Crippen LogP contribution is -2.34. The number of carbonyl (C=O) groups excluding carboxylic acids is 1. The van der Waals surface area contributed by atoms with E-state index in [4.69, 9.17) is 19.9 Å². The number of anilines is 2. The van der Waals surface area contributed by atoms with Crippen molar-refractivity contribution in [1.29, 1.82) is 5.26 Å². The Kier molecular flexibility index (Phi) is 5.25. The van der Waals surface area contributed by atoms with E-state index in [0.29, 0.717) is 41.6 Å². The molecule has 1 unspecified atom stereocenters. The zero-order valence-corrected chi connectivity index (χ0v) is 20.1. The zero-order chi connectivity index (χ0) is 25.1. The number of aromatic nitrogens is 1. The van der Waals surface area contributed by atoms with Crippen molar-refractivity contribution in [3.63, 3.8) is 0 Å². The second-order valence-corrected chi connectivity index (χ2v) is 9.75. The number of rotatable bonds is 4. The average molecular weight is 486 g/mol. The molecule has 1 aromatic heterocycles. The predicted molar refractivity (Wildman–Crippen MR) is 133 cm³/mol. The molecule has 0 radical (unpaired) electrons. The van der Waals surface area contributed by atoms with E-state index in [-0.39, 0.29) is 24.2 Å². The molecule has 1 aliphatic carbocycles. The van der Waals surface area contributed by atoms with E-state index in [2.05, 4.69) is 16.3 Å². The summed E-state index contributed by atoms with van der Waals surface area (Å²) in [5.41, 5.74) is 12.0. The van der Waals surface area contributed by atoms with Gasteiger partial charge in [0.15, 0.2) is 12.0 Å². The van der Waals surface area contributed by atoms with Crippen LogP contribution in [0.5, 0.6) is 0 Å². The fraction of sp³-hybridized carbons (Fsp3) is 0.370. The molecule has 3 atom stereocenters. The zero-order valence-electron chi connectivity index (χ0n) is 20.1. The summed E-state index contributed by atoms with van der Waals surface area (Å²) in [7, 11) is 0. The van der Waals surface area contributed by atoms with Gasteiger partial charge in [-0.05, 0) is 54.7 Å². The monoisotopic (exact) mass is 485 g/mol. The molecule has 2 fully saturated rings. The van der Waals surface area contributed by atoms with Gasteiger partial charge in [0, 0.05) is 37.2 Å².